The van der Waals surface area contributed by atoms with Crippen LogP contribution in [0, 0.1) is 0 Å². The Kier molecular flexibility index (Phi) is 4.34. The standard InChI is InChI=1S/C12H15NO3/c1-2-4-11(5-3-1)8-13-16-10-12-9-14-6-7-15-12/h1-5,8,12H,6-7,9-10H2/b13-8-. The van der Waals surface area contributed by atoms with E-state index in [1.807, 2.05) is 30.3 Å². The third-order valence-electron chi connectivity index (χ3n) is 2.22. The summed E-state index contributed by atoms with van der Waals surface area (Å²) in [6.07, 6.45) is 1.69. The van der Waals surface area contributed by atoms with Gasteiger partial charge in [-0.15, -0.1) is 0 Å². The maximum Gasteiger partial charge on any atom is 0.145 e. The van der Waals surface area contributed by atoms with Crippen molar-refractivity contribution in [3.05, 3.63) is 35.9 Å². The maximum absolute atomic E-state index is 5.41. The molecule has 0 amide bonds. The Labute approximate surface area is 94.8 Å². The monoisotopic (exact) mass is 221 g/mol. The predicted molar refractivity (Wildman–Crippen MR) is 60.5 cm³/mol. The van der Waals surface area contributed by atoms with Crippen LogP contribution in [0.2, 0.25) is 0 Å². The lowest BCUT2D eigenvalue weighted by molar-refractivity contribution is -0.114. The van der Waals surface area contributed by atoms with E-state index in [-0.39, 0.29) is 6.10 Å². The van der Waals surface area contributed by atoms with Crippen LogP contribution >= 0.6 is 0 Å². The second-order valence-electron chi connectivity index (χ2n) is 3.51. The molecule has 1 aromatic rings. The molecule has 1 heterocycles. The van der Waals surface area contributed by atoms with Crippen LogP contribution in [0.5, 0.6) is 0 Å². The lowest BCUT2D eigenvalue weighted by atomic mass is 10.2. The molecule has 1 saturated heterocycles. The number of oxime groups is 1. The smallest absolute Gasteiger partial charge is 0.145 e. The molecule has 4 heteroatoms. The number of rotatable bonds is 4. The van der Waals surface area contributed by atoms with Gasteiger partial charge in [0.25, 0.3) is 0 Å². The lowest BCUT2D eigenvalue weighted by Gasteiger charge is -2.21. The average Bonchev–Trinajstić information content (AvgIpc) is 2.37. The van der Waals surface area contributed by atoms with Crippen molar-refractivity contribution in [2.45, 2.75) is 6.10 Å². The van der Waals surface area contributed by atoms with Gasteiger partial charge in [0.2, 0.25) is 0 Å². The van der Waals surface area contributed by atoms with Crippen LogP contribution in [0.3, 0.4) is 0 Å². The van der Waals surface area contributed by atoms with Gasteiger partial charge < -0.3 is 14.3 Å². The fraction of sp³-hybridized carbons (Fsp3) is 0.417. The zero-order valence-electron chi connectivity index (χ0n) is 9.04. The first-order chi connectivity index (χ1) is 7.95. The van der Waals surface area contributed by atoms with Crippen molar-refractivity contribution in [2.24, 2.45) is 5.16 Å². The summed E-state index contributed by atoms with van der Waals surface area (Å²) in [7, 11) is 0. The number of benzene rings is 1. The first kappa shape index (κ1) is 11.1. The molecular formula is C12H15NO3. The quantitative estimate of drug-likeness (QED) is 0.570. The van der Waals surface area contributed by atoms with Gasteiger partial charge in [-0.25, -0.2) is 0 Å². The van der Waals surface area contributed by atoms with Crippen LogP contribution in [0.15, 0.2) is 35.5 Å². The highest BCUT2D eigenvalue weighted by Gasteiger charge is 2.14. The van der Waals surface area contributed by atoms with Crippen LogP contribution in [-0.4, -0.2) is 38.7 Å². The van der Waals surface area contributed by atoms with Gasteiger partial charge in [0.15, 0.2) is 0 Å². The molecule has 1 atom stereocenters. The molecule has 0 N–H and O–H groups in total. The SMILES string of the molecule is C(=N/OCC1COCCO1)/c1ccccc1. The molecule has 0 spiro atoms. The fourth-order valence-corrected chi connectivity index (χ4v) is 1.40. The minimum Gasteiger partial charge on any atom is -0.393 e. The van der Waals surface area contributed by atoms with Crippen molar-refractivity contribution < 1.29 is 14.3 Å². The second kappa shape index (κ2) is 6.25. The van der Waals surface area contributed by atoms with Crippen molar-refractivity contribution in [3.8, 4) is 0 Å². The van der Waals surface area contributed by atoms with E-state index in [1.165, 1.54) is 0 Å². The van der Waals surface area contributed by atoms with E-state index < -0.39 is 0 Å². The molecule has 1 aromatic carbocycles. The van der Waals surface area contributed by atoms with E-state index in [2.05, 4.69) is 5.16 Å². The zero-order chi connectivity index (χ0) is 11.1. The number of hydrogen-bond donors (Lipinski definition) is 0. The highest BCUT2D eigenvalue weighted by molar-refractivity contribution is 5.78. The third-order valence-corrected chi connectivity index (χ3v) is 2.22. The first-order valence-electron chi connectivity index (χ1n) is 5.35. The molecule has 16 heavy (non-hydrogen) atoms. The Morgan fingerprint density at radius 1 is 1.31 bits per heavy atom. The van der Waals surface area contributed by atoms with E-state index in [0.717, 1.165) is 5.56 Å². The average molecular weight is 221 g/mol. The summed E-state index contributed by atoms with van der Waals surface area (Å²) in [4.78, 5) is 5.14. The molecule has 0 bridgehead atoms. The van der Waals surface area contributed by atoms with Gasteiger partial charge in [0, 0.05) is 0 Å². The predicted octanol–water partition coefficient (Wildman–Crippen LogP) is 1.45. The Balaban J connectivity index is 1.69. The van der Waals surface area contributed by atoms with Gasteiger partial charge in [0.1, 0.15) is 12.7 Å². The highest BCUT2D eigenvalue weighted by Crippen LogP contribution is 2.01. The van der Waals surface area contributed by atoms with Gasteiger partial charge in [-0.05, 0) is 5.56 Å². The maximum atomic E-state index is 5.41. The van der Waals surface area contributed by atoms with E-state index in [9.17, 15) is 0 Å². The van der Waals surface area contributed by atoms with Gasteiger partial charge in [-0.3, -0.25) is 0 Å². The topological polar surface area (TPSA) is 40.0 Å². The summed E-state index contributed by atoms with van der Waals surface area (Å²) in [5, 5.41) is 3.88. The Hall–Kier alpha value is -1.39. The third kappa shape index (κ3) is 3.64. The second-order valence-corrected chi connectivity index (χ2v) is 3.51. The molecular weight excluding hydrogens is 206 g/mol. The number of ether oxygens (including phenoxy) is 2. The Morgan fingerprint density at radius 3 is 2.94 bits per heavy atom. The Morgan fingerprint density at radius 2 is 2.19 bits per heavy atom. The molecule has 2 rings (SSSR count). The molecule has 0 aromatic heterocycles. The van der Waals surface area contributed by atoms with Crippen LogP contribution < -0.4 is 0 Å². The molecule has 1 unspecified atom stereocenters. The summed E-state index contributed by atoms with van der Waals surface area (Å²) in [5.41, 5.74) is 1.02. The van der Waals surface area contributed by atoms with E-state index >= 15 is 0 Å². The van der Waals surface area contributed by atoms with Crippen molar-refractivity contribution in [2.75, 3.05) is 26.4 Å². The lowest BCUT2D eigenvalue weighted by Crippen LogP contribution is -2.31. The Bertz CT molecular complexity index is 320. The van der Waals surface area contributed by atoms with E-state index in [0.29, 0.717) is 26.4 Å². The van der Waals surface area contributed by atoms with Crippen LogP contribution in [-0.2, 0) is 14.3 Å². The molecule has 4 nitrogen and oxygen atoms in total. The van der Waals surface area contributed by atoms with Crippen LogP contribution in [0.25, 0.3) is 0 Å². The summed E-state index contributed by atoms with van der Waals surface area (Å²) in [6.45, 7) is 2.32. The minimum atomic E-state index is 0.00155. The number of nitrogens with zero attached hydrogens (tertiary/aromatic N) is 1. The van der Waals surface area contributed by atoms with Crippen LogP contribution in [0.1, 0.15) is 5.56 Å². The summed E-state index contributed by atoms with van der Waals surface area (Å²) >= 11 is 0. The molecule has 1 fully saturated rings. The number of hydrogen-bond acceptors (Lipinski definition) is 4. The zero-order valence-corrected chi connectivity index (χ0v) is 9.04. The van der Waals surface area contributed by atoms with Crippen molar-refractivity contribution in [3.63, 3.8) is 0 Å². The largest absolute Gasteiger partial charge is 0.393 e. The summed E-state index contributed by atoms with van der Waals surface area (Å²) in [6, 6.07) is 9.81. The van der Waals surface area contributed by atoms with Gasteiger partial charge in [-0.2, -0.15) is 0 Å². The normalized spacial score (nSPS) is 21.1. The van der Waals surface area contributed by atoms with Crippen molar-refractivity contribution in [1.29, 1.82) is 0 Å². The van der Waals surface area contributed by atoms with E-state index in [4.69, 9.17) is 14.3 Å². The molecule has 86 valence electrons. The fourth-order valence-electron chi connectivity index (χ4n) is 1.40. The van der Waals surface area contributed by atoms with E-state index in [1.54, 1.807) is 6.21 Å². The first-order valence-corrected chi connectivity index (χ1v) is 5.35. The summed E-state index contributed by atoms with van der Waals surface area (Å²) in [5.74, 6) is 0. The van der Waals surface area contributed by atoms with Crippen molar-refractivity contribution in [1.82, 2.24) is 0 Å². The minimum absolute atomic E-state index is 0.00155. The van der Waals surface area contributed by atoms with Gasteiger partial charge in [0.05, 0.1) is 26.0 Å². The summed E-state index contributed by atoms with van der Waals surface area (Å²) < 4.78 is 10.6. The highest BCUT2D eigenvalue weighted by atomic mass is 16.7. The van der Waals surface area contributed by atoms with Gasteiger partial charge in [-0.1, -0.05) is 35.5 Å². The van der Waals surface area contributed by atoms with Crippen molar-refractivity contribution >= 4 is 6.21 Å². The molecule has 1 aliphatic heterocycles. The molecule has 0 saturated carbocycles. The molecule has 0 radical (unpaired) electrons. The van der Waals surface area contributed by atoms with Crippen LogP contribution in [0.4, 0.5) is 0 Å². The van der Waals surface area contributed by atoms with Gasteiger partial charge >= 0.3 is 0 Å². The molecule has 1 aliphatic rings. The molecule has 0 aliphatic carbocycles.